The average molecular weight is 264 g/mol. The summed E-state index contributed by atoms with van der Waals surface area (Å²) in [6, 6.07) is 5.51. The molecule has 5 heteroatoms. The van der Waals surface area contributed by atoms with E-state index in [2.05, 4.69) is 18.7 Å². The van der Waals surface area contributed by atoms with Gasteiger partial charge in [0.2, 0.25) is 0 Å². The molecule has 1 fully saturated rings. The van der Waals surface area contributed by atoms with E-state index in [0.717, 1.165) is 25.1 Å². The SMILES string of the molecule is CC(C)C1CCCN1c1ccc([N+](=O)[O-])c(CO)c1. The molecule has 0 saturated carbocycles. The van der Waals surface area contributed by atoms with Gasteiger partial charge in [0.1, 0.15) is 0 Å². The molecule has 0 radical (unpaired) electrons. The van der Waals surface area contributed by atoms with Crippen molar-refractivity contribution in [2.24, 2.45) is 5.92 Å². The van der Waals surface area contributed by atoms with Gasteiger partial charge in [0.15, 0.2) is 0 Å². The standard InChI is InChI=1S/C14H20N2O3/c1-10(2)13-4-3-7-15(13)12-5-6-14(16(18)19)11(8-12)9-17/h5-6,8,10,13,17H,3-4,7,9H2,1-2H3. The van der Waals surface area contributed by atoms with Gasteiger partial charge in [-0.25, -0.2) is 0 Å². The Balaban J connectivity index is 2.33. The zero-order chi connectivity index (χ0) is 14.0. The molecule has 1 N–H and O–H groups in total. The normalized spacial score (nSPS) is 19.2. The van der Waals surface area contributed by atoms with Gasteiger partial charge in [-0.2, -0.15) is 0 Å². The van der Waals surface area contributed by atoms with Gasteiger partial charge in [-0.1, -0.05) is 13.8 Å². The molecule has 0 bridgehead atoms. The number of nitro benzene ring substituents is 1. The van der Waals surface area contributed by atoms with Crippen LogP contribution < -0.4 is 4.90 Å². The highest BCUT2D eigenvalue weighted by Crippen LogP contribution is 2.32. The first-order chi connectivity index (χ1) is 9.04. The number of anilines is 1. The number of benzene rings is 1. The topological polar surface area (TPSA) is 66.6 Å². The Morgan fingerprint density at radius 3 is 2.84 bits per heavy atom. The lowest BCUT2D eigenvalue weighted by Gasteiger charge is -2.30. The lowest BCUT2D eigenvalue weighted by Crippen LogP contribution is -2.33. The van der Waals surface area contributed by atoms with Crippen molar-refractivity contribution in [3.05, 3.63) is 33.9 Å². The third-order valence-electron chi connectivity index (χ3n) is 3.83. The summed E-state index contributed by atoms with van der Waals surface area (Å²) in [5.41, 5.74) is 1.36. The predicted molar refractivity (Wildman–Crippen MR) is 74.2 cm³/mol. The number of hydrogen-bond donors (Lipinski definition) is 1. The van der Waals surface area contributed by atoms with Crippen LogP contribution in [-0.4, -0.2) is 22.6 Å². The van der Waals surface area contributed by atoms with Crippen LogP contribution in [0.25, 0.3) is 0 Å². The number of nitro groups is 1. The zero-order valence-corrected chi connectivity index (χ0v) is 11.4. The summed E-state index contributed by atoms with van der Waals surface area (Å²) < 4.78 is 0. The molecule has 0 amide bonds. The Kier molecular flexibility index (Phi) is 4.04. The highest BCUT2D eigenvalue weighted by atomic mass is 16.6. The van der Waals surface area contributed by atoms with Crippen molar-refractivity contribution >= 4 is 11.4 Å². The monoisotopic (exact) mass is 264 g/mol. The molecule has 1 aliphatic heterocycles. The molecule has 0 aromatic heterocycles. The van der Waals surface area contributed by atoms with Crippen LogP contribution in [0.5, 0.6) is 0 Å². The molecule has 1 atom stereocenters. The van der Waals surface area contributed by atoms with Gasteiger partial charge in [-0.15, -0.1) is 0 Å². The molecule has 1 aromatic rings. The molecular formula is C14H20N2O3. The lowest BCUT2D eigenvalue weighted by molar-refractivity contribution is -0.385. The molecule has 0 spiro atoms. The molecule has 1 unspecified atom stereocenters. The van der Waals surface area contributed by atoms with Crippen molar-refractivity contribution in [3.8, 4) is 0 Å². The molecule has 1 aliphatic rings. The zero-order valence-electron chi connectivity index (χ0n) is 11.4. The van der Waals surface area contributed by atoms with Crippen LogP contribution in [0.3, 0.4) is 0 Å². The summed E-state index contributed by atoms with van der Waals surface area (Å²) >= 11 is 0. The van der Waals surface area contributed by atoms with Gasteiger partial charge in [-0.3, -0.25) is 10.1 Å². The van der Waals surface area contributed by atoms with Gasteiger partial charge in [0.25, 0.3) is 5.69 Å². The number of hydrogen-bond acceptors (Lipinski definition) is 4. The maximum Gasteiger partial charge on any atom is 0.275 e. The fourth-order valence-corrected chi connectivity index (χ4v) is 2.86. The number of rotatable bonds is 4. The van der Waals surface area contributed by atoms with Crippen LogP contribution in [0.15, 0.2) is 18.2 Å². The van der Waals surface area contributed by atoms with Gasteiger partial charge < -0.3 is 10.0 Å². The number of nitrogens with zero attached hydrogens (tertiary/aromatic N) is 2. The Morgan fingerprint density at radius 1 is 1.53 bits per heavy atom. The van der Waals surface area contributed by atoms with Crippen molar-refractivity contribution in [1.29, 1.82) is 0 Å². The fourth-order valence-electron chi connectivity index (χ4n) is 2.86. The van der Waals surface area contributed by atoms with Crippen LogP contribution >= 0.6 is 0 Å². The number of aliphatic hydroxyl groups excluding tert-OH is 1. The summed E-state index contributed by atoms with van der Waals surface area (Å²) in [5, 5.41) is 20.2. The fraction of sp³-hybridized carbons (Fsp3) is 0.571. The van der Waals surface area contributed by atoms with E-state index in [4.69, 9.17) is 0 Å². The second kappa shape index (κ2) is 5.57. The van der Waals surface area contributed by atoms with Crippen molar-refractivity contribution < 1.29 is 10.0 Å². The Bertz CT molecular complexity index is 474. The first-order valence-corrected chi connectivity index (χ1v) is 6.69. The summed E-state index contributed by atoms with van der Waals surface area (Å²) in [5.74, 6) is 0.551. The van der Waals surface area contributed by atoms with Gasteiger partial charge in [0.05, 0.1) is 17.1 Å². The third kappa shape index (κ3) is 2.71. The Hall–Kier alpha value is -1.62. The summed E-state index contributed by atoms with van der Waals surface area (Å²) in [6.07, 6.45) is 2.30. The van der Waals surface area contributed by atoms with Crippen molar-refractivity contribution in [2.45, 2.75) is 39.3 Å². The van der Waals surface area contributed by atoms with E-state index in [1.165, 1.54) is 6.07 Å². The molecule has 1 saturated heterocycles. The Morgan fingerprint density at radius 2 is 2.26 bits per heavy atom. The Labute approximate surface area is 113 Å². The second-order valence-corrected chi connectivity index (χ2v) is 5.38. The first kappa shape index (κ1) is 13.8. The molecule has 19 heavy (non-hydrogen) atoms. The van der Waals surface area contributed by atoms with Crippen LogP contribution in [0, 0.1) is 16.0 Å². The van der Waals surface area contributed by atoms with E-state index in [1.807, 2.05) is 0 Å². The van der Waals surface area contributed by atoms with E-state index < -0.39 is 4.92 Å². The second-order valence-electron chi connectivity index (χ2n) is 5.38. The van der Waals surface area contributed by atoms with Crippen LogP contribution in [-0.2, 0) is 6.61 Å². The van der Waals surface area contributed by atoms with E-state index in [1.54, 1.807) is 12.1 Å². The van der Waals surface area contributed by atoms with E-state index in [-0.39, 0.29) is 12.3 Å². The molecule has 1 heterocycles. The molecule has 104 valence electrons. The predicted octanol–water partition coefficient (Wildman–Crippen LogP) is 2.71. The van der Waals surface area contributed by atoms with Gasteiger partial charge in [-0.05, 0) is 30.9 Å². The molecular weight excluding hydrogens is 244 g/mol. The highest BCUT2D eigenvalue weighted by molar-refractivity contribution is 5.56. The van der Waals surface area contributed by atoms with Gasteiger partial charge in [0, 0.05) is 24.3 Å². The summed E-state index contributed by atoms with van der Waals surface area (Å²) in [7, 11) is 0. The highest BCUT2D eigenvalue weighted by Gasteiger charge is 2.28. The van der Waals surface area contributed by atoms with Crippen molar-refractivity contribution in [3.63, 3.8) is 0 Å². The summed E-state index contributed by atoms with van der Waals surface area (Å²) in [6.45, 7) is 5.07. The smallest absolute Gasteiger partial charge is 0.275 e. The summed E-state index contributed by atoms with van der Waals surface area (Å²) in [4.78, 5) is 12.7. The van der Waals surface area contributed by atoms with Crippen molar-refractivity contribution in [2.75, 3.05) is 11.4 Å². The van der Waals surface area contributed by atoms with Gasteiger partial charge >= 0.3 is 0 Å². The molecule has 5 nitrogen and oxygen atoms in total. The van der Waals surface area contributed by atoms with Crippen LogP contribution in [0.4, 0.5) is 11.4 Å². The maximum atomic E-state index is 10.9. The maximum absolute atomic E-state index is 10.9. The molecule has 1 aromatic carbocycles. The van der Waals surface area contributed by atoms with E-state index in [9.17, 15) is 15.2 Å². The minimum Gasteiger partial charge on any atom is -0.391 e. The number of aliphatic hydroxyl groups is 1. The van der Waals surface area contributed by atoms with Crippen LogP contribution in [0.1, 0.15) is 32.3 Å². The third-order valence-corrected chi connectivity index (χ3v) is 3.83. The van der Waals surface area contributed by atoms with E-state index >= 15 is 0 Å². The van der Waals surface area contributed by atoms with Crippen molar-refractivity contribution in [1.82, 2.24) is 0 Å². The molecule has 0 aliphatic carbocycles. The minimum atomic E-state index is -0.445. The largest absolute Gasteiger partial charge is 0.391 e. The first-order valence-electron chi connectivity index (χ1n) is 6.69. The quantitative estimate of drug-likeness (QED) is 0.670. The lowest BCUT2D eigenvalue weighted by atomic mass is 10.0. The molecule has 2 rings (SSSR count). The van der Waals surface area contributed by atoms with Crippen LogP contribution in [0.2, 0.25) is 0 Å². The van der Waals surface area contributed by atoms with E-state index in [0.29, 0.717) is 17.5 Å². The minimum absolute atomic E-state index is 0.00783. The average Bonchev–Trinajstić information content (AvgIpc) is 2.87.